The third-order valence-electron chi connectivity index (χ3n) is 3.98. The molecule has 0 aromatic heterocycles. The zero-order chi connectivity index (χ0) is 20.8. The van der Waals surface area contributed by atoms with E-state index in [0.29, 0.717) is 12.2 Å². The van der Waals surface area contributed by atoms with Crippen LogP contribution in [-0.2, 0) is 6.54 Å². The number of carboxylic acids is 1. The van der Waals surface area contributed by atoms with Crippen molar-refractivity contribution in [2.45, 2.75) is 13.5 Å². The van der Waals surface area contributed by atoms with E-state index < -0.39 is 22.5 Å². The van der Waals surface area contributed by atoms with Crippen molar-refractivity contribution < 1.29 is 29.1 Å². The Bertz CT molecular complexity index is 894. The Kier molecular flexibility index (Phi) is 6.54. The summed E-state index contributed by atoms with van der Waals surface area (Å²) < 4.78 is 10.5. The first kappa shape index (κ1) is 20.7. The number of rotatable bonds is 8. The highest BCUT2D eigenvalue weighted by Crippen LogP contribution is 2.35. The summed E-state index contributed by atoms with van der Waals surface area (Å²) in [6.45, 7) is 2.19. The molecule has 0 heterocycles. The number of nitro benzene ring substituents is 1. The summed E-state index contributed by atoms with van der Waals surface area (Å²) in [4.78, 5) is 35.8. The second kappa shape index (κ2) is 8.85. The van der Waals surface area contributed by atoms with Gasteiger partial charge in [0.05, 0.1) is 30.3 Å². The molecule has 0 unspecified atom stereocenters. The van der Waals surface area contributed by atoms with Crippen molar-refractivity contribution in [3.8, 4) is 11.5 Å². The number of amides is 1. The minimum atomic E-state index is -1.05. The molecule has 0 atom stereocenters. The van der Waals surface area contributed by atoms with Crippen molar-refractivity contribution in [1.29, 1.82) is 0 Å². The van der Waals surface area contributed by atoms with E-state index in [4.69, 9.17) is 14.6 Å². The Morgan fingerprint density at radius 2 is 1.82 bits per heavy atom. The third-order valence-corrected chi connectivity index (χ3v) is 3.98. The van der Waals surface area contributed by atoms with Crippen LogP contribution in [0.1, 0.15) is 33.2 Å². The normalized spacial score (nSPS) is 10.2. The van der Waals surface area contributed by atoms with Gasteiger partial charge in [-0.15, -0.1) is 0 Å². The predicted octanol–water partition coefficient (Wildman–Crippen LogP) is 2.97. The SMILES string of the molecule is CCOc1cc(C(=O)N(C)Cc2ccc(C(=O)O)cc2)c([N+](=O)[O-])cc1OC. The lowest BCUT2D eigenvalue weighted by atomic mass is 10.1. The number of hydrogen-bond acceptors (Lipinski definition) is 6. The van der Waals surface area contributed by atoms with Crippen molar-refractivity contribution in [2.75, 3.05) is 20.8 Å². The topological polar surface area (TPSA) is 119 Å². The number of benzene rings is 2. The van der Waals surface area contributed by atoms with E-state index in [0.717, 1.165) is 6.07 Å². The van der Waals surface area contributed by atoms with Crippen LogP contribution >= 0.6 is 0 Å². The van der Waals surface area contributed by atoms with Gasteiger partial charge in [-0.2, -0.15) is 0 Å². The van der Waals surface area contributed by atoms with Crippen LogP contribution in [0.15, 0.2) is 36.4 Å². The highest BCUT2D eigenvalue weighted by atomic mass is 16.6. The first-order valence-electron chi connectivity index (χ1n) is 8.35. The highest BCUT2D eigenvalue weighted by Gasteiger charge is 2.27. The Morgan fingerprint density at radius 3 is 2.32 bits per heavy atom. The minimum absolute atomic E-state index is 0.126. The van der Waals surface area contributed by atoms with Crippen LogP contribution < -0.4 is 9.47 Å². The van der Waals surface area contributed by atoms with Crippen LogP contribution in [0, 0.1) is 10.1 Å². The molecule has 2 aromatic carbocycles. The van der Waals surface area contributed by atoms with E-state index in [-0.39, 0.29) is 29.2 Å². The smallest absolute Gasteiger partial charge is 0.335 e. The lowest BCUT2D eigenvalue weighted by molar-refractivity contribution is -0.385. The van der Waals surface area contributed by atoms with E-state index in [1.807, 2.05) is 0 Å². The number of carboxylic acid groups (broad SMARTS) is 1. The zero-order valence-corrected chi connectivity index (χ0v) is 15.7. The van der Waals surface area contributed by atoms with Crippen LogP contribution in [0.5, 0.6) is 11.5 Å². The number of carbonyl (C=O) groups is 2. The quantitative estimate of drug-likeness (QED) is 0.545. The zero-order valence-electron chi connectivity index (χ0n) is 15.7. The summed E-state index contributed by atoms with van der Waals surface area (Å²) in [5.41, 5.74) is 0.296. The van der Waals surface area contributed by atoms with Crippen molar-refractivity contribution in [3.05, 3.63) is 63.2 Å². The number of aromatic carboxylic acids is 1. The van der Waals surface area contributed by atoms with Crippen LogP contribution in [-0.4, -0.2) is 47.6 Å². The van der Waals surface area contributed by atoms with Gasteiger partial charge in [0.1, 0.15) is 5.56 Å². The minimum Gasteiger partial charge on any atom is -0.493 e. The number of nitro groups is 1. The fourth-order valence-electron chi connectivity index (χ4n) is 2.60. The van der Waals surface area contributed by atoms with Crippen molar-refractivity contribution in [1.82, 2.24) is 4.90 Å². The van der Waals surface area contributed by atoms with Crippen LogP contribution in [0.25, 0.3) is 0 Å². The maximum absolute atomic E-state index is 12.8. The van der Waals surface area contributed by atoms with E-state index in [2.05, 4.69) is 0 Å². The molecule has 0 saturated heterocycles. The largest absolute Gasteiger partial charge is 0.493 e. The third kappa shape index (κ3) is 4.56. The van der Waals surface area contributed by atoms with Gasteiger partial charge in [-0.05, 0) is 24.6 Å². The van der Waals surface area contributed by atoms with Crippen LogP contribution in [0.4, 0.5) is 5.69 Å². The summed E-state index contributed by atoms with van der Waals surface area (Å²) >= 11 is 0. The summed E-state index contributed by atoms with van der Waals surface area (Å²) in [5, 5.41) is 20.4. The summed E-state index contributed by atoms with van der Waals surface area (Å²) in [6, 6.07) is 8.49. The molecule has 2 rings (SSSR count). The maximum atomic E-state index is 12.8. The van der Waals surface area contributed by atoms with Crippen molar-refractivity contribution in [3.63, 3.8) is 0 Å². The molecule has 9 nitrogen and oxygen atoms in total. The average molecular weight is 388 g/mol. The van der Waals surface area contributed by atoms with Gasteiger partial charge in [-0.25, -0.2) is 4.79 Å². The second-order valence-electron chi connectivity index (χ2n) is 5.87. The van der Waals surface area contributed by atoms with Crippen LogP contribution in [0.2, 0.25) is 0 Å². The summed E-state index contributed by atoms with van der Waals surface area (Å²) in [6.07, 6.45) is 0. The van der Waals surface area contributed by atoms with E-state index in [9.17, 15) is 19.7 Å². The molecule has 0 aliphatic heterocycles. The van der Waals surface area contributed by atoms with Gasteiger partial charge in [0.2, 0.25) is 0 Å². The first-order valence-corrected chi connectivity index (χ1v) is 8.35. The molecule has 1 amide bonds. The Hall–Kier alpha value is -3.62. The lowest BCUT2D eigenvalue weighted by Crippen LogP contribution is -2.27. The molecule has 9 heteroatoms. The highest BCUT2D eigenvalue weighted by molar-refractivity contribution is 5.99. The standard InChI is InChI=1S/C19H20N2O7/c1-4-28-17-9-14(15(21(25)26)10-16(17)27-3)18(22)20(2)11-12-5-7-13(8-6-12)19(23)24/h5-10H,4,11H2,1-3H3,(H,23,24). The number of carbonyl (C=O) groups excluding carboxylic acids is 1. The molecule has 2 aromatic rings. The molecular formula is C19H20N2O7. The van der Waals surface area contributed by atoms with E-state index in [1.54, 1.807) is 19.1 Å². The fraction of sp³-hybridized carbons (Fsp3) is 0.263. The lowest BCUT2D eigenvalue weighted by Gasteiger charge is -2.18. The van der Waals surface area contributed by atoms with Gasteiger partial charge in [0.25, 0.3) is 11.6 Å². The summed E-state index contributed by atoms with van der Waals surface area (Å²) in [7, 11) is 2.86. The predicted molar refractivity (Wildman–Crippen MR) is 100 cm³/mol. The number of ether oxygens (including phenoxy) is 2. The molecule has 0 aliphatic carbocycles. The van der Waals surface area contributed by atoms with E-state index in [1.165, 1.54) is 37.3 Å². The van der Waals surface area contributed by atoms with Gasteiger partial charge in [0.15, 0.2) is 11.5 Å². The number of methoxy groups -OCH3 is 1. The fourth-order valence-corrected chi connectivity index (χ4v) is 2.60. The molecule has 0 radical (unpaired) electrons. The Morgan fingerprint density at radius 1 is 1.18 bits per heavy atom. The maximum Gasteiger partial charge on any atom is 0.335 e. The van der Waals surface area contributed by atoms with Gasteiger partial charge in [-0.1, -0.05) is 12.1 Å². The molecule has 0 spiro atoms. The monoisotopic (exact) mass is 388 g/mol. The molecule has 0 saturated carbocycles. The summed E-state index contributed by atoms with van der Waals surface area (Å²) in [5.74, 6) is -1.22. The molecule has 0 bridgehead atoms. The van der Waals surface area contributed by atoms with Gasteiger partial charge >= 0.3 is 5.97 Å². The molecule has 1 N–H and O–H groups in total. The molecule has 28 heavy (non-hydrogen) atoms. The first-order chi connectivity index (χ1) is 13.3. The Labute approximate surface area is 161 Å². The van der Waals surface area contributed by atoms with Crippen LogP contribution in [0.3, 0.4) is 0 Å². The molecule has 148 valence electrons. The molecule has 0 fully saturated rings. The Balaban J connectivity index is 2.33. The van der Waals surface area contributed by atoms with Crippen molar-refractivity contribution >= 4 is 17.6 Å². The van der Waals surface area contributed by atoms with Gasteiger partial charge in [0, 0.05) is 19.7 Å². The second-order valence-corrected chi connectivity index (χ2v) is 5.87. The average Bonchev–Trinajstić information content (AvgIpc) is 2.67. The van der Waals surface area contributed by atoms with Gasteiger partial charge < -0.3 is 19.5 Å². The van der Waals surface area contributed by atoms with Gasteiger partial charge in [-0.3, -0.25) is 14.9 Å². The number of hydrogen-bond donors (Lipinski definition) is 1. The molecular weight excluding hydrogens is 368 g/mol. The molecule has 0 aliphatic rings. The van der Waals surface area contributed by atoms with Crippen molar-refractivity contribution in [2.24, 2.45) is 0 Å². The number of nitrogens with zero attached hydrogens (tertiary/aromatic N) is 2. The van der Waals surface area contributed by atoms with E-state index >= 15 is 0 Å².